The third kappa shape index (κ3) is 3.26. The molecule has 0 aliphatic carbocycles. The van der Waals surface area contributed by atoms with E-state index >= 15 is 0 Å². The van der Waals surface area contributed by atoms with Crippen molar-refractivity contribution in [2.24, 2.45) is 5.92 Å². The summed E-state index contributed by atoms with van der Waals surface area (Å²) in [7, 11) is 1.35. The van der Waals surface area contributed by atoms with Gasteiger partial charge in [-0.3, -0.25) is 4.79 Å². The number of nitrogens with zero attached hydrogens (tertiary/aromatic N) is 2. The smallest absolute Gasteiger partial charge is 0.254 e. The van der Waals surface area contributed by atoms with Gasteiger partial charge < -0.3 is 19.3 Å². The Morgan fingerprint density at radius 2 is 2.25 bits per heavy atom. The fourth-order valence-corrected chi connectivity index (χ4v) is 2.97. The predicted molar refractivity (Wildman–Crippen MR) is 83.3 cm³/mol. The van der Waals surface area contributed by atoms with Crippen molar-refractivity contribution in [3.63, 3.8) is 0 Å². The van der Waals surface area contributed by atoms with Gasteiger partial charge in [-0.05, 0) is 25.1 Å². The molecule has 1 saturated heterocycles. The molecule has 1 aromatic carbocycles. The maximum Gasteiger partial charge on any atom is 0.254 e. The van der Waals surface area contributed by atoms with E-state index in [1.165, 1.54) is 25.3 Å². The van der Waals surface area contributed by atoms with Gasteiger partial charge in [0.15, 0.2) is 11.6 Å². The summed E-state index contributed by atoms with van der Waals surface area (Å²) in [5.41, 5.74) is 1.11. The number of carbonyl (C=O) groups excluding carboxylic acids is 1. The van der Waals surface area contributed by atoms with Crippen molar-refractivity contribution in [2.45, 2.75) is 19.4 Å². The number of likely N-dealkylation sites (tertiary alicyclic amines) is 1. The SMILES string of the molecule is COc1cc(C(=O)N2C[C@@H](Cc3cc(C)no3)[C@@H](O)C2)ccc1F. The predicted octanol–water partition coefficient (Wildman–Crippen LogP) is 1.81. The lowest BCUT2D eigenvalue weighted by Gasteiger charge is -2.16. The maximum atomic E-state index is 13.5. The van der Waals surface area contributed by atoms with Crippen molar-refractivity contribution in [3.05, 3.63) is 47.1 Å². The molecule has 3 rings (SSSR count). The van der Waals surface area contributed by atoms with E-state index in [-0.39, 0.29) is 24.1 Å². The summed E-state index contributed by atoms with van der Waals surface area (Å²) in [5, 5.41) is 14.1. The van der Waals surface area contributed by atoms with Crippen molar-refractivity contribution >= 4 is 5.91 Å². The highest BCUT2D eigenvalue weighted by molar-refractivity contribution is 5.94. The van der Waals surface area contributed by atoms with Gasteiger partial charge in [0.05, 0.1) is 18.9 Å². The highest BCUT2D eigenvalue weighted by atomic mass is 19.1. The zero-order chi connectivity index (χ0) is 17.3. The van der Waals surface area contributed by atoms with Crippen LogP contribution in [0.3, 0.4) is 0 Å². The minimum atomic E-state index is -0.637. The van der Waals surface area contributed by atoms with Crippen LogP contribution in [0.15, 0.2) is 28.8 Å². The van der Waals surface area contributed by atoms with E-state index in [4.69, 9.17) is 9.26 Å². The van der Waals surface area contributed by atoms with E-state index in [1.54, 1.807) is 4.90 Å². The van der Waals surface area contributed by atoms with Gasteiger partial charge in [-0.25, -0.2) is 4.39 Å². The Morgan fingerprint density at radius 3 is 2.92 bits per heavy atom. The van der Waals surface area contributed by atoms with Gasteiger partial charge in [-0.15, -0.1) is 0 Å². The van der Waals surface area contributed by atoms with E-state index in [0.29, 0.717) is 24.3 Å². The third-order valence-electron chi connectivity index (χ3n) is 4.23. The van der Waals surface area contributed by atoms with E-state index < -0.39 is 11.9 Å². The summed E-state index contributed by atoms with van der Waals surface area (Å²) in [4.78, 5) is 14.1. The molecule has 1 aliphatic heterocycles. The first-order valence-corrected chi connectivity index (χ1v) is 7.71. The number of aliphatic hydroxyl groups is 1. The van der Waals surface area contributed by atoms with E-state index in [1.807, 2.05) is 13.0 Å². The number of benzene rings is 1. The minimum Gasteiger partial charge on any atom is -0.494 e. The molecule has 6 nitrogen and oxygen atoms in total. The second-order valence-corrected chi connectivity index (χ2v) is 6.03. The molecule has 0 spiro atoms. The highest BCUT2D eigenvalue weighted by Crippen LogP contribution is 2.25. The lowest BCUT2D eigenvalue weighted by Crippen LogP contribution is -2.29. The van der Waals surface area contributed by atoms with Crippen LogP contribution in [0.5, 0.6) is 5.75 Å². The molecule has 1 amide bonds. The number of halogens is 1. The van der Waals surface area contributed by atoms with Crippen LogP contribution < -0.4 is 4.74 Å². The molecule has 0 unspecified atom stereocenters. The number of aliphatic hydroxyl groups excluding tert-OH is 1. The quantitative estimate of drug-likeness (QED) is 0.923. The van der Waals surface area contributed by atoms with Crippen LogP contribution in [0.1, 0.15) is 21.8 Å². The average Bonchev–Trinajstić information content (AvgIpc) is 3.14. The lowest BCUT2D eigenvalue weighted by molar-refractivity contribution is 0.0764. The Hall–Kier alpha value is -2.41. The molecule has 2 atom stereocenters. The number of hydrogen-bond donors (Lipinski definition) is 1. The topological polar surface area (TPSA) is 75.8 Å². The monoisotopic (exact) mass is 334 g/mol. The fraction of sp³-hybridized carbons (Fsp3) is 0.412. The number of aryl methyl sites for hydroxylation is 1. The average molecular weight is 334 g/mol. The number of ether oxygens (including phenoxy) is 1. The largest absolute Gasteiger partial charge is 0.494 e. The van der Waals surface area contributed by atoms with Gasteiger partial charge in [0, 0.05) is 37.1 Å². The fourth-order valence-electron chi connectivity index (χ4n) is 2.97. The van der Waals surface area contributed by atoms with E-state index in [9.17, 15) is 14.3 Å². The molecule has 1 aliphatic rings. The van der Waals surface area contributed by atoms with Crippen LogP contribution in [0.2, 0.25) is 0 Å². The van der Waals surface area contributed by atoms with Crippen LogP contribution >= 0.6 is 0 Å². The Labute approximate surface area is 138 Å². The molecule has 2 heterocycles. The van der Waals surface area contributed by atoms with Crippen LogP contribution in [0, 0.1) is 18.7 Å². The second kappa shape index (κ2) is 6.60. The number of methoxy groups -OCH3 is 1. The summed E-state index contributed by atoms with van der Waals surface area (Å²) >= 11 is 0. The molecular formula is C17H19FN2O4. The first-order valence-electron chi connectivity index (χ1n) is 7.71. The Morgan fingerprint density at radius 1 is 1.46 bits per heavy atom. The van der Waals surface area contributed by atoms with Crippen molar-refractivity contribution < 1.29 is 23.6 Å². The van der Waals surface area contributed by atoms with Gasteiger partial charge in [0.1, 0.15) is 5.76 Å². The first-order chi connectivity index (χ1) is 11.5. The molecule has 1 N–H and O–H groups in total. The highest BCUT2D eigenvalue weighted by Gasteiger charge is 2.35. The molecular weight excluding hydrogens is 315 g/mol. The molecule has 0 radical (unpaired) electrons. The van der Waals surface area contributed by atoms with Crippen molar-refractivity contribution in [1.82, 2.24) is 10.1 Å². The summed E-state index contributed by atoms with van der Waals surface area (Å²) in [6.45, 7) is 2.46. The second-order valence-electron chi connectivity index (χ2n) is 6.03. The Balaban J connectivity index is 1.70. The number of amides is 1. The van der Waals surface area contributed by atoms with Gasteiger partial charge in [-0.2, -0.15) is 0 Å². The number of aromatic nitrogens is 1. The van der Waals surface area contributed by atoms with Crippen LogP contribution in [0.4, 0.5) is 4.39 Å². The number of β-amino-alcohol motifs (C(OH)–C–C–N with tert-alkyl or cyclic N) is 1. The molecule has 24 heavy (non-hydrogen) atoms. The summed E-state index contributed by atoms with van der Waals surface area (Å²) in [5.74, 6) is -0.190. The number of hydrogen-bond acceptors (Lipinski definition) is 5. The van der Waals surface area contributed by atoms with Crippen LogP contribution in [0.25, 0.3) is 0 Å². The maximum absolute atomic E-state index is 13.5. The van der Waals surface area contributed by atoms with Gasteiger partial charge in [0.2, 0.25) is 0 Å². The van der Waals surface area contributed by atoms with Gasteiger partial charge in [0.25, 0.3) is 5.91 Å². The standard InChI is InChI=1S/C17H19FN2O4/c1-10-5-13(24-19-10)6-12-8-20(9-15(12)21)17(22)11-3-4-14(18)16(7-11)23-2/h3-5,7,12,15,21H,6,8-9H2,1-2H3/t12-,15+/m1/s1. The third-order valence-corrected chi connectivity index (χ3v) is 4.23. The normalized spacial score (nSPS) is 20.4. The lowest BCUT2D eigenvalue weighted by atomic mass is 10.0. The Kier molecular flexibility index (Phi) is 4.53. The van der Waals surface area contributed by atoms with E-state index in [0.717, 1.165) is 5.69 Å². The van der Waals surface area contributed by atoms with Crippen molar-refractivity contribution in [3.8, 4) is 5.75 Å². The molecule has 128 valence electrons. The first kappa shape index (κ1) is 16.4. The molecule has 7 heteroatoms. The molecule has 2 aromatic rings. The Bertz CT molecular complexity index is 746. The minimum absolute atomic E-state index is 0.0225. The molecule has 0 saturated carbocycles. The molecule has 0 bridgehead atoms. The van der Waals surface area contributed by atoms with Crippen molar-refractivity contribution in [1.29, 1.82) is 0 Å². The van der Waals surface area contributed by atoms with Crippen molar-refractivity contribution in [2.75, 3.05) is 20.2 Å². The van der Waals surface area contributed by atoms with E-state index in [2.05, 4.69) is 5.16 Å². The zero-order valence-corrected chi connectivity index (χ0v) is 13.5. The van der Waals surface area contributed by atoms with Gasteiger partial charge >= 0.3 is 0 Å². The number of carbonyl (C=O) groups is 1. The zero-order valence-electron chi connectivity index (χ0n) is 13.5. The number of rotatable bonds is 4. The molecule has 1 aromatic heterocycles. The molecule has 1 fully saturated rings. The van der Waals surface area contributed by atoms with Gasteiger partial charge in [-0.1, -0.05) is 5.16 Å². The summed E-state index contributed by atoms with van der Waals surface area (Å²) in [6.07, 6.45) is -0.125. The summed E-state index contributed by atoms with van der Waals surface area (Å²) < 4.78 is 23.6. The van der Waals surface area contributed by atoms with Crippen LogP contribution in [-0.2, 0) is 6.42 Å². The summed E-state index contributed by atoms with van der Waals surface area (Å²) in [6, 6.07) is 5.81. The van der Waals surface area contributed by atoms with Crippen LogP contribution in [-0.4, -0.2) is 47.4 Å².